The zero-order chi connectivity index (χ0) is 23.2. The van der Waals surface area contributed by atoms with Crippen molar-refractivity contribution < 1.29 is 19.1 Å². The molecule has 0 saturated carbocycles. The van der Waals surface area contributed by atoms with Crippen LogP contribution >= 0.6 is 11.6 Å². The molecule has 1 aromatic carbocycles. The number of carbonyl (C=O) groups excluding carboxylic acids is 2. The van der Waals surface area contributed by atoms with Gasteiger partial charge in [0.2, 0.25) is 0 Å². The van der Waals surface area contributed by atoms with Crippen LogP contribution < -0.4 is 4.74 Å². The summed E-state index contributed by atoms with van der Waals surface area (Å²) in [4.78, 5) is 27.6. The molecule has 1 saturated heterocycles. The van der Waals surface area contributed by atoms with Crippen LogP contribution in [-0.2, 0) is 4.74 Å². The average Bonchev–Trinajstić information content (AvgIpc) is 2.69. The number of ether oxygens (including phenoxy) is 2. The van der Waals surface area contributed by atoms with Crippen LogP contribution in [0.2, 0.25) is 5.02 Å². The molecule has 0 bridgehead atoms. The first-order chi connectivity index (χ1) is 14.5. The van der Waals surface area contributed by atoms with E-state index in [-0.39, 0.29) is 12.0 Å². The number of benzene rings is 1. The SMILES string of the molecule is C[C@H](CCC1CCN(C(=O)OC(C)(C)C)CC1)COc1ccc(C(=O)N(C)C)c(Cl)c1. The monoisotopic (exact) mass is 452 g/mol. The van der Waals surface area contributed by atoms with Gasteiger partial charge in [-0.25, -0.2) is 4.79 Å². The van der Waals surface area contributed by atoms with Crippen LogP contribution in [-0.4, -0.2) is 61.2 Å². The fraction of sp³-hybridized carbons (Fsp3) is 0.667. The number of nitrogens with zero attached hydrogens (tertiary/aromatic N) is 2. The molecule has 0 unspecified atom stereocenters. The summed E-state index contributed by atoms with van der Waals surface area (Å²) in [7, 11) is 3.40. The molecule has 31 heavy (non-hydrogen) atoms. The Hall–Kier alpha value is -1.95. The van der Waals surface area contributed by atoms with Crippen LogP contribution in [0.1, 0.15) is 63.7 Å². The third-order valence-electron chi connectivity index (χ3n) is 5.45. The maximum atomic E-state index is 12.2. The van der Waals surface area contributed by atoms with Crippen molar-refractivity contribution >= 4 is 23.6 Å². The van der Waals surface area contributed by atoms with Crippen molar-refractivity contribution in [2.75, 3.05) is 33.8 Å². The Morgan fingerprint density at radius 2 is 1.87 bits per heavy atom. The first-order valence-corrected chi connectivity index (χ1v) is 11.5. The smallest absolute Gasteiger partial charge is 0.410 e. The van der Waals surface area contributed by atoms with Crippen LogP contribution in [0, 0.1) is 11.8 Å². The molecule has 6 nitrogen and oxygen atoms in total. The van der Waals surface area contributed by atoms with E-state index in [4.69, 9.17) is 21.1 Å². The number of halogens is 1. The molecular formula is C24H37ClN2O4. The Labute approximate surface area is 191 Å². The summed E-state index contributed by atoms with van der Waals surface area (Å²) in [6, 6.07) is 5.21. The molecule has 0 aliphatic carbocycles. The van der Waals surface area contributed by atoms with Crippen molar-refractivity contribution in [2.24, 2.45) is 11.8 Å². The van der Waals surface area contributed by atoms with Gasteiger partial charge in [0.25, 0.3) is 5.91 Å². The van der Waals surface area contributed by atoms with Crippen LogP contribution in [0.15, 0.2) is 18.2 Å². The largest absolute Gasteiger partial charge is 0.493 e. The zero-order valence-corrected chi connectivity index (χ0v) is 20.5. The minimum absolute atomic E-state index is 0.123. The van der Waals surface area contributed by atoms with E-state index in [1.165, 1.54) is 4.90 Å². The van der Waals surface area contributed by atoms with E-state index < -0.39 is 5.60 Å². The predicted octanol–water partition coefficient (Wildman–Crippen LogP) is 5.48. The van der Waals surface area contributed by atoms with Crippen molar-refractivity contribution in [1.82, 2.24) is 9.80 Å². The van der Waals surface area contributed by atoms with E-state index in [1.807, 2.05) is 25.7 Å². The normalized spacial score (nSPS) is 16.0. The summed E-state index contributed by atoms with van der Waals surface area (Å²) in [6.07, 6.45) is 4.03. The zero-order valence-electron chi connectivity index (χ0n) is 19.7. The molecule has 1 fully saturated rings. The van der Waals surface area contributed by atoms with E-state index in [1.54, 1.807) is 32.3 Å². The lowest BCUT2D eigenvalue weighted by Gasteiger charge is -2.33. The highest BCUT2D eigenvalue weighted by Crippen LogP contribution is 2.27. The molecule has 1 aromatic rings. The van der Waals surface area contributed by atoms with E-state index in [0.717, 1.165) is 38.8 Å². The highest BCUT2D eigenvalue weighted by molar-refractivity contribution is 6.34. The van der Waals surface area contributed by atoms with Crippen molar-refractivity contribution in [3.63, 3.8) is 0 Å². The summed E-state index contributed by atoms with van der Waals surface area (Å²) < 4.78 is 11.4. The molecule has 174 valence electrons. The second-order valence-corrected chi connectivity index (χ2v) is 10.2. The maximum absolute atomic E-state index is 12.2. The minimum atomic E-state index is -0.449. The molecule has 1 aliphatic rings. The second kappa shape index (κ2) is 11.1. The summed E-state index contributed by atoms with van der Waals surface area (Å²) in [5.41, 5.74) is 0.0280. The van der Waals surface area contributed by atoms with Crippen molar-refractivity contribution in [3.8, 4) is 5.75 Å². The van der Waals surface area contributed by atoms with Crippen LogP contribution in [0.25, 0.3) is 0 Å². The number of likely N-dealkylation sites (tertiary alicyclic amines) is 1. The number of rotatable bonds is 7. The van der Waals surface area contributed by atoms with Gasteiger partial charge in [-0.2, -0.15) is 0 Å². The lowest BCUT2D eigenvalue weighted by molar-refractivity contribution is 0.0178. The first-order valence-electron chi connectivity index (χ1n) is 11.1. The Morgan fingerprint density at radius 1 is 1.23 bits per heavy atom. The fourth-order valence-electron chi connectivity index (χ4n) is 3.57. The summed E-state index contributed by atoms with van der Waals surface area (Å²) in [6.45, 7) is 10.0. The standard InChI is InChI=1S/C24H37ClN2O4/c1-17(16-30-19-9-10-20(21(25)15-19)22(28)26(5)6)7-8-18-11-13-27(14-12-18)23(29)31-24(2,3)4/h9-10,15,17-18H,7-8,11-14,16H2,1-6H3/t17-/m1/s1. The summed E-state index contributed by atoms with van der Waals surface area (Å²) >= 11 is 6.25. The minimum Gasteiger partial charge on any atom is -0.493 e. The molecule has 1 heterocycles. The topological polar surface area (TPSA) is 59.1 Å². The Morgan fingerprint density at radius 3 is 2.42 bits per heavy atom. The number of amides is 2. The van der Waals surface area contributed by atoms with E-state index in [9.17, 15) is 9.59 Å². The Balaban J connectivity index is 1.71. The number of piperidine rings is 1. The van der Waals surface area contributed by atoms with Gasteiger partial charge in [-0.15, -0.1) is 0 Å². The highest BCUT2D eigenvalue weighted by Gasteiger charge is 2.27. The Bertz CT molecular complexity index is 752. The molecule has 7 heteroatoms. The lowest BCUT2D eigenvalue weighted by Crippen LogP contribution is -2.41. The van der Waals surface area contributed by atoms with Gasteiger partial charge in [-0.05, 0) is 76.5 Å². The highest BCUT2D eigenvalue weighted by atomic mass is 35.5. The molecule has 1 atom stereocenters. The molecule has 0 aromatic heterocycles. The van der Waals surface area contributed by atoms with Crippen LogP contribution in [0.3, 0.4) is 0 Å². The first kappa shape index (κ1) is 25.3. The quantitative estimate of drug-likeness (QED) is 0.549. The molecule has 0 N–H and O–H groups in total. The number of carbonyl (C=O) groups is 2. The number of hydrogen-bond acceptors (Lipinski definition) is 4. The van der Waals surface area contributed by atoms with Gasteiger partial charge in [-0.3, -0.25) is 4.79 Å². The fourth-order valence-corrected chi connectivity index (χ4v) is 3.82. The van der Waals surface area contributed by atoms with Crippen LogP contribution in [0.4, 0.5) is 4.79 Å². The average molecular weight is 453 g/mol. The van der Waals surface area contributed by atoms with Gasteiger partial charge in [0.05, 0.1) is 17.2 Å². The van der Waals surface area contributed by atoms with Crippen LogP contribution in [0.5, 0.6) is 5.75 Å². The predicted molar refractivity (Wildman–Crippen MR) is 124 cm³/mol. The third-order valence-corrected chi connectivity index (χ3v) is 5.76. The number of hydrogen-bond donors (Lipinski definition) is 0. The third kappa shape index (κ3) is 8.24. The van der Waals surface area contributed by atoms with Gasteiger partial charge in [0.15, 0.2) is 0 Å². The molecule has 0 radical (unpaired) electrons. The van der Waals surface area contributed by atoms with Gasteiger partial charge >= 0.3 is 6.09 Å². The van der Waals surface area contributed by atoms with Gasteiger partial charge in [0, 0.05) is 27.2 Å². The lowest BCUT2D eigenvalue weighted by atomic mass is 9.89. The van der Waals surface area contributed by atoms with E-state index in [2.05, 4.69) is 6.92 Å². The van der Waals surface area contributed by atoms with Gasteiger partial charge in [0.1, 0.15) is 11.4 Å². The molecule has 0 spiro atoms. The molecule has 2 rings (SSSR count). The van der Waals surface area contributed by atoms with E-state index >= 15 is 0 Å². The van der Waals surface area contributed by atoms with Crippen molar-refractivity contribution in [1.29, 1.82) is 0 Å². The molecule has 2 amide bonds. The van der Waals surface area contributed by atoms with Crippen molar-refractivity contribution in [2.45, 2.75) is 59.0 Å². The molecular weight excluding hydrogens is 416 g/mol. The molecule has 1 aliphatic heterocycles. The van der Waals surface area contributed by atoms with Gasteiger partial charge in [-0.1, -0.05) is 18.5 Å². The Kier molecular flexibility index (Phi) is 9.04. The summed E-state index contributed by atoms with van der Waals surface area (Å²) in [5, 5.41) is 0.403. The maximum Gasteiger partial charge on any atom is 0.410 e. The van der Waals surface area contributed by atoms with Gasteiger partial charge < -0.3 is 19.3 Å². The van der Waals surface area contributed by atoms with E-state index in [0.29, 0.717) is 34.8 Å². The second-order valence-electron chi connectivity index (χ2n) is 9.75. The van der Waals surface area contributed by atoms with Crippen molar-refractivity contribution in [3.05, 3.63) is 28.8 Å². The summed E-state index contributed by atoms with van der Waals surface area (Å²) in [5.74, 6) is 1.60.